The van der Waals surface area contributed by atoms with Gasteiger partial charge in [-0.05, 0) is 18.6 Å². The van der Waals surface area contributed by atoms with Crippen LogP contribution in [0.2, 0.25) is 0 Å². The first kappa shape index (κ1) is 21.6. The Morgan fingerprint density at radius 1 is 1.16 bits per heavy atom. The first-order chi connectivity index (χ1) is 15.6. The van der Waals surface area contributed by atoms with Crippen molar-refractivity contribution in [2.45, 2.75) is 19.1 Å². The van der Waals surface area contributed by atoms with Crippen molar-refractivity contribution in [1.29, 1.82) is 0 Å². The fraction of sp³-hybridized carbons (Fsp3) is 0.227. The molecule has 1 amide bonds. The Hall–Kier alpha value is -3.63. The number of aliphatic hydroxyl groups is 1. The number of nitrogens with one attached hydrogen (secondary N) is 2. The second-order valence-electron chi connectivity index (χ2n) is 7.17. The minimum absolute atomic E-state index is 0.148. The van der Waals surface area contributed by atoms with E-state index in [4.69, 9.17) is 5.11 Å². The van der Waals surface area contributed by atoms with Crippen LogP contribution in [0, 0.1) is 0 Å². The third-order valence-electron chi connectivity index (χ3n) is 4.84. The van der Waals surface area contributed by atoms with Crippen LogP contribution in [0.1, 0.15) is 12.1 Å². The topological polar surface area (TPSA) is 120 Å². The van der Waals surface area contributed by atoms with Crippen LogP contribution < -0.4 is 5.32 Å². The number of nitrogens with zero attached hydrogens (tertiary/aromatic N) is 5. The molecular weight excluding hydrogens is 426 g/mol. The molecule has 0 spiro atoms. The highest BCUT2D eigenvalue weighted by Crippen LogP contribution is 2.27. The van der Waals surface area contributed by atoms with Gasteiger partial charge in [0.1, 0.15) is 16.8 Å². The van der Waals surface area contributed by atoms with Crippen molar-refractivity contribution in [3.63, 3.8) is 0 Å². The van der Waals surface area contributed by atoms with Gasteiger partial charge in [0.05, 0.1) is 17.9 Å². The lowest BCUT2D eigenvalue weighted by Gasteiger charge is -2.04. The first-order valence-electron chi connectivity index (χ1n) is 10.1. The van der Waals surface area contributed by atoms with Gasteiger partial charge in [-0.1, -0.05) is 30.3 Å². The fourth-order valence-electron chi connectivity index (χ4n) is 3.06. The SMILES string of the molecule is CN1CCC(O)C1=O.c1ccc(-c2csc(-c3ccnc(NCc4ccn[nH]4)n3)n2)cc1. The van der Waals surface area contributed by atoms with Gasteiger partial charge in [0.15, 0.2) is 0 Å². The number of likely N-dealkylation sites (N-methyl/N-ethyl adjacent to an activating group) is 1. The predicted molar refractivity (Wildman–Crippen MR) is 123 cm³/mol. The number of benzene rings is 1. The van der Waals surface area contributed by atoms with Gasteiger partial charge in [0.25, 0.3) is 5.91 Å². The molecule has 1 aliphatic rings. The zero-order valence-electron chi connectivity index (χ0n) is 17.5. The molecule has 3 N–H and O–H groups in total. The molecule has 1 atom stereocenters. The van der Waals surface area contributed by atoms with Gasteiger partial charge in [-0.25, -0.2) is 15.0 Å². The summed E-state index contributed by atoms with van der Waals surface area (Å²) in [6.45, 7) is 1.29. The van der Waals surface area contributed by atoms with Gasteiger partial charge in [0, 0.05) is 36.9 Å². The second-order valence-corrected chi connectivity index (χ2v) is 8.03. The number of carbonyl (C=O) groups excluding carboxylic acids is 1. The van der Waals surface area contributed by atoms with Crippen LogP contribution in [0.25, 0.3) is 22.0 Å². The van der Waals surface area contributed by atoms with Crippen LogP contribution in [-0.4, -0.2) is 60.8 Å². The monoisotopic (exact) mass is 449 g/mol. The third kappa shape index (κ3) is 5.34. The number of aromatic amines is 1. The van der Waals surface area contributed by atoms with E-state index in [0.717, 1.165) is 27.7 Å². The largest absolute Gasteiger partial charge is 0.383 e. The molecule has 0 radical (unpaired) electrons. The van der Waals surface area contributed by atoms with Crippen molar-refractivity contribution in [2.24, 2.45) is 0 Å². The summed E-state index contributed by atoms with van der Waals surface area (Å²) in [5, 5.41) is 21.7. The molecular formula is C22H23N7O2S. The number of carbonyl (C=O) groups is 1. The number of hydrogen-bond acceptors (Lipinski definition) is 8. The Labute approximate surface area is 189 Å². The summed E-state index contributed by atoms with van der Waals surface area (Å²) in [7, 11) is 1.69. The first-order valence-corrected chi connectivity index (χ1v) is 11.0. The van der Waals surface area contributed by atoms with E-state index < -0.39 is 6.10 Å². The standard InChI is InChI=1S/C17H14N6S.C5H9NO2/c1-2-4-12(5-3-1)15-11-24-16(21-15)14-7-8-18-17(22-14)19-10-13-6-9-20-23-13;1-6-3-2-4(7)5(6)8/h1-9,11H,10H2,(H,20,23)(H,18,19,22);4,7H,2-3H2,1H3. The molecule has 164 valence electrons. The lowest BCUT2D eigenvalue weighted by atomic mass is 10.2. The van der Waals surface area contributed by atoms with Crippen LogP contribution in [-0.2, 0) is 11.3 Å². The number of amides is 1. The summed E-state index contributed by atoms with van der Waals surface area (Å²) in [5.41, 5.74) is 3.85. The van der Waals surface area contributed by atoms with Gasteiger partial charge in [-0.15, -0.1) is 11.3 Å². The molecule has 3 aromatic heterocycles. The van der Waals surface area contributed by atoms with E-state index in [2.05, 4.69) is 42.6 Å². The maximum Gasteiger partial charge on any atom is 0.251 e. The minimum Gasteiger partial charge on any atom is -0.383 e. The Balaban J connectivity index is 0.000000260. The molecule has 1 aromatic carbocycles. The Bertz CT molecular complexity index is 1140. The van der Waals surface area contributed by atoms with Crippen LogP contribution in [0.3, 0.4) is 0 Å². The maximum absolute atomic E-state index is 10.6. The normalized spacial score (nSPS) is 15.4. The summed E-state index contributed by atoms with van der Waals surface area (Å²) >= 11 is 1.58. The van der Waals surface area contributed by atoms with Gasteiger partial charge < -0.3 is 15.3 Å². The highest BCUT2D eigenvalue weighted by Gasteiger charge is 2.25. The molecule has 1 aliphatic heterocycles. The van der Waals surface area contributed by atoms with E-state index in [-0.39, 0.29) is 5.91 Å². The summed E-state index contributed by atoms with van der Waals surface area (Å²) in [6, 6.07) is 13.9. The summed E-state index contributed by atoms with van der Waals surface area (Å²) in [5.74, 6) is 0.420. The predicted octanol–water partition coefficient (Wildman–Crippen LogP) is 2.81. The highest BCUT2D eigenvalue weighted by atomic mass is 32.1. The quantitative estimate of drug-likeness (QED) is 0.428. The smallest absolute Gasteiger partial charge is 0.251 e. The van der Waals surface area contributed by atoms with Crippen molar-refractivity contribution in [2.75, 3.05) is 18.9 Å². The lowest BCUT2D eigenvalue weighted by Crippen LogP contribution is -2.24. The Morgan fingerprint density at radius 3 is 2.66 bits per heavy atom. The minimum atomic E-state index is -0.722. The summed E-state index contributed by atoms with van der Waals surface area (Å²) in [4.78, 5) is 25.6. The highest BCUT2D eigenvalue weighted by molar-refractivity contribution is 7.13. The van der Waals surface area contributed by atoms with E-state index >= 15 is 0 Å². The molecule has 0 aliphatic carbocycles. The number of rotatable bonds is 5. The number of aliphatic hydroxyl groups excluding tert-OH is 1. The summed E-state index contributed by atoms with van der Waals surface area (Å²) in [6.07, 6.45) is 3.32. The molecule has 1 unspecified atom stereocenters. The van der Waals surface area contributed by atoms with Crippen LogP contribution in [0.4, 0.5) is 5.95 Å². The molecule has 1 saturated heterocycles. The molecule has 32 heavy (non-hydrogen) atoms. The molecule has 9 nitrogen and oxygen atoms in total. The summed E-state index contributed by atoms with van der Waals surface area (Å²) < 4.78 is 0. The van der Waals surface area contributed by atoms with Gasteiger partial charge in [-0.3, -0.25) is 9.89 Å². The van der Waals surface area contributed by atoms with Crippen molar-refractivity contribution in [3.8, 4) is 22.0 Å². The van der Waals surface area contributed by atoms with E-state index in [1.54, 1.807) is 30.8 Å². The Kier molecular flexibility index (Phi) is 6.83. The second kappa shape index (κ2) is 10.1. The average molecular weight is 450 g/mol. The third-order valence-corrected chi connectivity index (χ3v) is 5.71. The molecule has 0 bridgehead atoms. The van der Waals surface area contributed by atoms with E-state index in [1.807, 2.05) is 35.7 Å². The average Bonchev–Trinajstić information content (AvgIpc) is 3.59. The zero-order chi connectivity index (χ0) is 22.3. The molecule has 4 aromatic rings. The van der Waals surface area contributed by atoms with E-state index in [1.165, 1.54) is 4.90 Å². The van der Waals surface area contributed by atoms with Gasteiger partial charge in [-0.2, -0.15) is 5.10 Å². The van der Waals surface area contributed by atoms with Crippen molar-refractivity contribution in [1.82, 2.24) is 30.0 Å². The molecule has 1 fully saturated rings. The zero-order valence-corrected chi connectivity index (χ0v) is 18.3. The molecule has 10 heteroatoms. The fourth-order valence-corrected chi connectivity index (χ4v) is 3.85. The number of likely N-dealkylation sites (tertiary alicyclic amines) is 1. The Morgan fingerprint density at radius 2 is 2.00 bits per heavy atom. The van der Waals surface area contributed by atoms with Gasteiger partial charge in [0.2, 0.25) is 5.95 Å². The van der Waals surface area contributed by atoms with Crippen molar-refractivity contribution < 1.29 is 9.90 Å². The number of thiazole rings is 1. The number of aromatic nitrogens is 5. The van der Waals surface area contributed by atoms with Crippen molar-refractivity contribution >= 4 is 23.2 Å². The number of anilines is 1. The van der Waals surface area contributed by atoms with Crippen molar-refractivity contribution in [3.05, 3.63) is 65.9 Å². The molecule has 0 saturated carbocycles. The van der Waals surface area contributed by atoms with E-state index in [9.17, 15) is 4.79 Å². The van der Waals surface area contributed by atoms with Crippen LogP contribution in [0.15, 0.2) is 60.2 Å². The number of hydrogen-bond donors (Lipinski definition) is 3. The molecule has 4 heterocycles. The van der Waals surface area contributed by atoms with Crippen LogP contribution >= 0.6 is 11.3 Å². The van der Waals surface area contributed by atoms with E-state index in [0.29, 0.717) is 25.5 Å². The van der Waals surface area contributed by atoms with Gasteiger partial charge >= 0.3 is 0 Å². The lowest BCUT2D eigenvalue weighted by molar-refractivity contribution is -0.133. The number of H-pyrrole nitrogens is 1. The maximum atomic E-state index is 10.6. The van der Waals surface area contributed by atoms with Crippen LogP contribution in [0.5, 0.6) is 0 Å². The molecule has 5 rings (SSSR count).